The molecule has 3 N–H and O–H groups in total. The zero-order chi connectivity index (χ0) is 13.7. The Morgan fingerprint density at radius 2 is 1.84 bits per heavy atom. The number of nitrogens with two attached hydrogens (primary N) is 1. The second-order valence-corrected chi connectivity index (χ2v) is 5.71. The van der Waals surface area contributed by atoms with Crippen molar-refractivity contribution in [3.05, 3.63) is 35.4 Å². The highest BCUT2D eigenvalue weighted by atomic mass is 16.2. The molecule has 0 bridgehead atoms. The van der Waals surface area contributed by atoms with Gasteiger partial charge in [0.2, 0.25) is 5.91 Å². The lowest BCUT2D eigenvalue weighted by molar-refractivity contribution is -0.132. The fourth-order valence-electron chi connectivity index (χ4n) is 2.83. The smallest absolute Gasteiger partial charge is 0.227 e. The highest BCUT2D eigenvalue weighted by molar-refractivity contribution is 5.83. The minimum atomic E-state index is -0.317. The van der Waals surface area contributed by atoms with Crippen LogP contribution in [0, 0.1) is 12.3 Å². The van der Waals surface area contributed by atoms with Gasteiger partial charge in [-0.25, -0.2) is 0 Å². The molecule has 0 aromatic heterocycles. The Hall–Kier alpha value is -1.35. The van der Waals surface area contributed by atoms with Crippen molar-refractivity contribution < 1.29 is 4.79 Å². The van der Waals surface area contributed by atoms with Gasteiger partial charge in [0.1, 0.15) is 0 Å². The van der Waals surface area contributed by atoms with E-state index in [1.165, 1.54) is 12.0 Å². The predicted molar refractivity (Wildman–Crippen MR) is 77.6 cm³/mol. The van der Waals surface area contributed by atoms with Crippen molar-refractivity contribution in [2.75, 3.05) is 6.54 Å². The molecule has 0 unspecified atom stereocenters. The second kappa shape index (κ2) is 6.20. The lowest BCUT2D eigenvalue weighted by Crippen LogP contribution is -2.46. The quantitative estimate of drug-likeness (QED) is 0.874. The van der Waals surface area contributed by atoms with E-state index in [0.29, 0.717) is 13.1 Å². The van der Waals surface area contributed by atoms with E-state index in [1.54, 1.807) is 0 Å². The number of nitrogens with one attached hydrogen (secondary N) is 1. The third-order valence-electron chi connectivity index (χ3n) is 4.26. The molecule has 1 fully saturated rings. The molecule has 104 valence electrons. The van der Waals surface area contributed by atoms with E-state index in [2.05, 4.69) is 36.5 Å². The maximum Gasteiger partial charge on any atom is 0.227 e. The van der Waals surface area contributed by atoms with Crippen LogP contribution in [0.15, 0.2) is 24.3 Å². The molecule has 0 radical (unpaired) electrons. The number of benzene rings is 1. The molecule has 0 spiro atoms. The summed E-state index contributed by atoms with van der Waals surface area (Å²) in [5, 5.41) is 3.06. The summed E-state index contributed by atoms with van der Waals surface area (Å²) in [6.45, 7) is 3.13. The highest BCUT2D eigenvalue weighted by Gasteiger charge is 2.37. The van der Waals surface area contributed by atoms with Gasteiger partial charge in [-0.05, 0) is 25.3 Å². The Morgan fingerprint density at radius 1 is 1.21 bits per heavy atom. The van der Waals surface area contributed by atoms with Crippen LogP contribution in [0.1, 0.15) is 43.2 Å². The second-order valence-electron chi connectivity index (χ2n) is 5.71. The molecule has 0 heterocycles. The molecular weight excluding hydrogens is 236 g/mol. The van der Waals surface area contributed by atoms with Crippen LogP contribution < -0.4 is 11.1 Å². The van der Waals surface area contributed by atoms with Crippen molar-refractivity contribution in [1.82, 2.24) is 5.32 Å². The van der Waals surface area contributed by atoms with E-state index in [-0.39, 0.29) is 11.3 Å². The summed E-state index contributed by atoms with van der Waals surface area (Å²) in [6.07, 6.45) is 5.34. The normalized spacial score (nSPS) is 18.0. The van der Waals surface area contributed by atoms with Crippen LogP contribution in [-0.2, 0) is 11.3 Å². The summed E-state index contributed by atoms with van der Waals surface area (Å²) in [5.41, 5.74) is 7.93. The number of hydrogen-bond acceptors (Lipinski definition) is 2. The van der Waals surface area contributed by atoms with Crippen molar-refractivity contribution >= 4 is 5.91 Å². The zero-order valence-electron chi connectivity index (χ0n) is 11.7. The van der Waals surface area contributed by atoms with Crippen molar-refractivity contribution in [3.63, 3.8) is 0 Å². The van der Waals surface area contributed by atoms with E-state index in [1.807, 2.05) is 0 Å². The molecule has 3 heteroatoms. The molecule has 1 aromatic carbocycles. The average Bonchev–Trinajstić information content (AvgIpc) is 2.47. The van der Waals surface area contributed by atoms with Crippen LogP contribution in [0.5, 0.6) is 0 Å². The molecule has 2 rings (SSSR count). The first-order valence-corrected chi connectivity index (χ1v) is 7.20. The van der Waals surface area contributed by atoms with Crippen molar-refractivity contribution in [2.24, 2.45) is 11.1 Å². The summed E-state index contributed by atoms with van der Waals surface area (Å²) < 4.78 is 0. The van der Waals surface area contributed by atoms with E-state index < -0.39 is 0 Å². The van der Waals surface area contributed by atoms with Gasteiger partial charge < -0.3 is 11.1 Å². The third kappa shape index (κ3) is 3.35. The standard InChI is InChI=1S/C16H24N2O/c1-13-5-7-14(8-6-13)11-18-15(19)16(12-17)9-3-2-4-10-16/h5-8H,2-4,9-12,17H2,1H3,(H,18,19). The monoisotopic (exact) mass is 260 g/mol. The number of carbonyl (C=O) groups is 1. The van der Waals surface area contributed by atoms with Crippen molar-refractivity contribution in [2.45, 2.75) is 45.6 Å². The van der Waals surface area contributed by atoms with Crippen LogP contribution in [0.2, 0.25) is 0 Å². The maximum absolute atomic E-state index is 12.4. The van der Waals surface area contributed by atoms with Crippen LogP contribution in [-0.4, -0.2) is 12.5 Å². The Morgan fingerprint density at radius 3 is 2.42 bits per heavy atom. The molecule has 1 amide bonds. The summed E-state index contributed by atoms with van der Waals surface area (Å²) in [7, 11) is 0. The van der Waals surface area contributed by atoms with Gasteiger partial charge in [-0.3, -0.25) is 4.79 Å². The SMILES string of the molecule is Cc1ccc(CNC(=O)C2(CN)CCCCC2)cc1. The molecule has 1 saturated carbocycles. The number of rotatable bonds is 4. The number of hydrogen-bond donors (Lipinski definition) is 2. The van der Waals surface area contributed by atoms with Crippen molar-refractivity contribution in [3.8, 4) is 0 Å². The maximum atomic E-state index is 12.4. The molecular formula is C16H24N2O. The van der Waals surface area contributed by atoms with Gasteiger partial charge in [0.05, 0.1) is 5.41 Å². The Balaban J connectivity index is 1.94. The first-order valence-electron chi connectivity index (χ1n) is 7.20. The largest absolute Gasteiger partial charge is 0.352 e. The summed E-state index contributed by atoms with van der Waals surface area (Å²) >= 11 is 0. The molecule has 1 aliphatic rings. The van der Waals surface area contributed by atoms with Crippen molar-refractivity contribution in [1.29, 1.82) is 0 Å². The van der Waals surface area contributed by atoms with Gasteiger partial charge >= 0.3 is 0 Å². The van der Waals surface area contributed by atoms with Gasteiger partial charge in [0, 0.05) is 13.1 Å². The topological polar surface area (TPSA) is 55.1 Å². The van der Waals surface area contributed by atoms with E-state index in [0.717, 1.165) is 31.2 Å². The first-order chi connectivity index (χ1) is 9.16. The van der Waals surface area contributed by atoms with Gasteiger partial charge in [-0.15, -0.1) is 0 Å². The van der Waals surface area contributed by atoms with Gasteiger partial charge in [0.25, 0.3) is 0 Å². The lowest BCUT2D eigenvalue weighted by atomic mass is 9.73. The molecule has 1 aliphatic carbocycles. The van der Waals surface area contributed by atoms with Gasteiger partial charge in [0.15, 0.2) is 0 Å². The van der Waals surface area contributed by atoms with Crippen LogP contribution in [0.4, 0.5) is 0 Å². The van der Waals surface area contributed by atoms with Crippen LogP contribution in [0.3, 0.4) is 0 Å². The average molecular weight is 260 g/mol. The summed E-state index contributed by atoms with van der Waals surface area (Å²) in [5.74, 6) is 0.135. The van der Waals surface area contributed by atoms with Crippen LogP contribution in [0.25, 0.3) is 0 Å². The lowest BCUT2D eigenvalue weighted by Gasteiger charge is -2.34. The van der Waals surface area contributed by atoms with E-state index >= 15 is 0 Å². The molecule has 0 aliphatic heterocycles. The Bertz CT molecular complexity index is 419. The summed E-state index contributed by atoms with van der Waals surface area (Å²) in [6, 6.07) is 8.26. The highest BCUT2D eigenvalue weighted by Crippen LogP contribution is 2.35. The summed E-state index contributed by atoms with van der Waals surface area (Å²) in [4.78, 5) is 12.4. The third-order valence-corrected chi connectivity index (χ3v) is 4.26. The van der Waals surface area contributed by atoms with Crippen LogP contribution >= 0.6 is 0 Å². The predicted octanol–water partition coefficient (Wildman–Crippen LogP) is 2.52. The molecule has 1 aromatic rings. The minimum absolute atomic E-state index is 0.135. The Kier molecular flexibility index (Phi) is 4.59. The first kappa shape index (κ1) is 14.1. The number of amides is 1. The molecule has 0 atom stereocenters. The fraction of sp³-hybridized carbons (Fsp3) is 0.562. The van der Waals surface area contributed by atoms with E-state index in [9.17, 15) is 4.79 Å². The van der Waals surface area contributed by atoms with Gasteiger partial charge in [-0.1, -0.05) is 49.1 Å². The molecule has 19 heavy (non-hydrogen) atoms. The number of carbonyl (C=O) groups excluding carboxylic acids is 1. The van der Waals surface area contributed by atoms with E-state index in [4.69, 9.17) is 5.73 Å². The zero-order valence-corrected chi connectivity index (χ0v) is 11.7. The van der Waals surface area contributed by atoms with Gasteiger partial charge in [-0.2, -0.15) is 0 Å². The fourth-order valence-corrected chi connectivity index (χ4v) is 2.83. The molecule has 3 nitrogen and oxygen atoms in total. The number of aryl methyl sites for hydroxylation is 1. The minimum Gasteiger partial charge on any atom is -0.352 e. The Labute approximate surface area is 115 Å². The molecule has 0 saturated heterocycles.